The van der Waals surface area contributed by atoms with Crippen LogP contribution < -0.4 is 5.32 Å². The molecule has 0 radical (unpaired) electrons. The third kappa shape index (κ3) is 3.68. The topological polar surface area (TPSA) is 12.0 Å². The van der Waals surface area contributed by atoms with Gasteiger partial charge in [-0.3, -0.25) is 0 Å². The third-order valence-electron chi connectivity index (χ3n) is 3.80. The molecular formula is C18H21BrClN. The lowest BCUT2D eigenvalue weighted by molar-refractivity contribution is 0.628. The minimum atomic E-state index is 0.0942. The van der Waals surface area contributed by atoms with E-state index in [9.17, 15) is 0 Å². The van der Waals surface area contributed by atoms with Crippen LogP contribution in [0.2, 0.25) is 5.02 Å². The van der Waals surface area contributed by atoms with Crippen LogP contribution in [0.5, 0.6) is 0 Å². The largest absolute Gasteiger partial charge is 0.306 e. The summed E-state index contributed by atoms with van der Waals surface area (Å²) in [6, 6.07) is 10.8. The fraction of sp³-hybridized carbons (Fsp3) is 0.333. The number of nitrogens with one attached hydrogen (secondary N) is 1. The van der Waals surface area contributed by atoms with Crippen LogP contribution in [0.25, 0.3) is 0 Å². The smallest absolute Gasteiger partial charge is 0.0602 e. The molecule has 3 heteroatoms. The zero-order valence-electron chi connectivity index (χ0n) is 12.9. The van der Waals surface area contributed by atoms with Gasteiger partial charge in [-0.2, -0.15) is 0 Å². The highest BCUT2D eigenvalue weighted by molar-refractivity contribution is 9.10. The van der Waals surface area contributed by atoms with E-state index in [1.54, 1.807) is 0 Å². The fourth-order valence-corrected chi connectivity index (χ4v) is 3.53. The summed E-state index contributed by atoms with van der Waals surface area (Å²) in [5.74, 6) is 0. The normalized spacial score (nSPS) is 12.5. The molecule has 1 N–H and O–H groups in total. The van der Waals surface area contributed by atoms with Gasteiger partial charge in [0, 0.05) is 9.50 Å². The molecule has 0 aromatic heterocycles. The predicted molar refractivity (Wildman–Crippen MR) is 95.3 cm³/mol. The van der Waals surface area contributed by atoms with Crippen LogP contribution >= 0.6 is 27.5 Å². The Labute approximate surface area is 140 Å². The fourth-order valence-electron chi connectivity index (χ4n) is 2.48. The molecular weight excluding hydrogens is 346 g/mol. The molecule has 0 aliphatic carbocycles. The number of aryl methyl sites for hydroxylation is 3. The Morgan fingerprint density at radius 1 is 1.05 bits per heavy atom. The Morgan fingerprint density at radius 3 is 2.33 bits per heavy atom. The van der Waals surface area contributed by atoms with E-state index in [0.29, 0.717) is 0 Å². The highest BCUT2D eigenvalue weighted by Gasteiger charge is 2.19. The maximum absolute atomic E-state index is 6.51. The van der Waals surface area contributed by atoms with E-state index in [4.69, 9.17) is 11.6 Å². The highest BCUT2D eigenvalue weighted by atomic mass is 79.9. The molecule has 0 saturated heterocycles. The predicted octanol–water partition coefficient (Wildman–Crippen LogP) is 5.73. The first-order chi connectivity index (χ1) is 9.93. The molecule has 0 amide bonds. The van der Waals surface area contributed by atoms with Crippen LogP contribution in [0, 0.1) is 20.8 Å². The third-order valence-corrected chi connectivity index (χ3v) is 4.81. The lowest BCUT2D eigenvalue weighted by Crippen LogP contribution is -2.23. The van der Waals surface area contributed by atoms with Crippen molar-refractivity contribution in [3.63, 3.8) is 0 Å². The lowest BCUT2D eigenvalue weighted by Gasteiger charge is -2.23. The van der Waals surface area contributed by atoms with Gasteiger partial charge in [0.1, 0.15) is 0 Å². The zero-order valence-corrected chi connectivity index (χ0v) is 15.3. The first-order valence-electron chi connectivity index (χ1n) is 7.20. The average molecular weight is 367 g/mol. The average Bonchev–Trinajstić information content (AvgIpc) is 2.41. The summed E-state index contributed by atoms with van der Waals surface area (Å²) in [6.07, 6.45) is 0. The second-order valence-electron chi connectivity index (χ2n) is 5.47. The molecule has 0 heterocycles. The lowest BCUT2D eigenvalue weighted by atomic mass is 9.95. The quantitative estimate of drug-likeness (QED) is 0.729. The van der Waals surface area contributed by atoms with Gasteiger partial charge in [0.2, 0.25) is 0 Å². The summed E-state index contributed by atoms with van der Waals surface area (Å²) in [7, 11) is 0. The van der Waals surface area contributed by atoms with Gasteiger partial charge < -0.3 is 5.32 Å². The number of halogens is 2. The number of hydrogen-bond donors (Lipinski definition) is 1. The SMILES string of the molecule is CCNC(c1cc(C)c(C)cc1Cl)c1ccc(C)cc1Br. The molecule has 0 aliphatic rings. The molecule has 21 heavy (non-hydrogen) atoms. The van der Waals surface area contributed by atoms with Crippen molar-refractivity contribution >= 4 is 27.5 Å². The van der Waals surface area contributed by atoms with Crippen molar-refractivity contribution in [1.29, 1.82) is 0 Å². The standard InChI is InChI=1S/C18H21BrClN/c1-5-21-18(14-7-6-11(2)8-16(14)19)15-9-12(3)13(4)10-17(15)20/h6-10,18,21H,5H2,1-4H3. The number of hydrogen-bond acceptors (Lipinski definition) is 1. The summed E-state index contributed by atoms with van der Waals surface area (Å²) in [6.45, 7) is 9.31. The summed E-state index contributed by atoms with van der Waals surface area (Å²) >= 11 is 10.2. The first kappa shape index (κ1) is 16.5. The van der Waals surface area contributed by atoms with Crippen molar-refractivity contribution in [2.75, 3.05) is 6.54 Å². The van der Waals surface area contributed by atoms with Crippen molar-refractivity contribution in [2.24, 2.45) is 0 Å². The van der Waals surface area contributed by atoms with Gasteiger partial charge in [-0.05, 0) is 67.3 Å². The molecule has 1 atom stereocenters. The molecule has 112 valence electrons. The minimum absolute atomic E-state index is 0.0942. The Kier molecular flexibility index (Phi) is 5.48. The molecule has 0 spiro atoms. The Bertz CT molecular complexity index is 652. The van der Waals surface area contributed by atoms with E-state index in [0.717, 1.165) is 21.6 Å². The molecule has 1 unspecified atom stereocenters. The summed E-state index contributed by atoms with van der Waals surface area (Å²) < 4.78 is 1.11. The van der Waals surface area contributed by atoms with E-state index in [-0.39, 0.29) is 6.04 Å². The zero-order chi connectivity index (χ0) is 15.6. The van der Waals surface area contributed by atoms with E-state index in [2.05, 4.69) is 79.3 Å². The molecule has 1 nitrogen and oxygen atoms in total. The van der Waals surface area contributed by atoms with E-state index >= 15 is 0 Å². The first-order valence-corrected chi connectivity index (χ1v) is 8.37. The van der Waals surface area contributed by atoms with Gasteiger partial charge in [0.25, 0.3) is 0 Å². The van der Waals surface area contributed by atoms with Crippen molar-refractivity contribution in [3.05, 3.63) is 67.6 Å². The highest BCUT2D eigenvalue weighted by Crippen LogP contribution is 2.34. The molecule has 2 aromatic rings. The van der Waals surface area contributed by atoms with Gasteiger partial charge >= 0.3 is 0 Å². The van der Waals surface area contributed by atoms with Gasteiger partial charge in [-0.1, -0.05) is 52.7 Å². The number of benzene rings is 2. The van der Waals surface area contributed by atoms with Crippen molar-refractivity contribution in [3.8, 4) is 0 Å². The molecule has 0 bridgehead atoms. The molecule has 2 aromatic carbocycles. The van der Waals surface area contributed by atoms with Crippen LogP contribution in [-0.4, -0.2) is 6.54 Å². The van der Waals surface area contributed by atoms with Crippen LogP contribution in [0.4, 0.5) is 0 Å². The van der Waals surface area contributed by atoms with Crippen molar-refractivity contribution < 1.29 is 0 Å². The van der Waals surface area contributed by atoms with Crippen LogP contribution in [-0.2, 0) is 0 Å². The van der Waals surface area contributed by atoms with Crippen LogP contribution in [0.1, 0.15) is 40.8 Å². The molecule has 0 fully saturated rings. The van der Waals surface area contributed by atoms with E-state index in [1.807, 2.05) is 0 Å². The molecule has 2 rings (SSSR count). The van der Waals surface area contributed by atoms with Gasteiger partial charge in [0.05, 0.1) is 6.04 Å². The summed E-state index contributed by atoms with van der Waals surface area (Å²) in [4.78, 5) is 0. The Balaban J connectivity index is 2.55. The Hall–Kier alpha value is -0.830. The maximum atomic E-state index is 6.51. The second-order valence-corrected chi connectivity index (χ2v) is 6.74. The van der Waals surface area contributed by atoms with E-state index in [1.165, 1.54) is 22.3 Å². The molecule has 0 saturated carbocycles. The summed E-state index contributed by atoms with van der Waals surface area (Å²) in [5.41, 5.74) is 6.08. The van der Waals surface area contributed by atoms with Gasteiger partial charge in [0.15, 0.2) is 0 Å². The van der Waals surface area contributed by atoms with Crippen LogP contribution in [0.15, 0.2) is 34.8 Å². The Morgan fingerprint density at radius 2 is 1.71 bits per heavy atom. The van der Waals surface area contributed by atoms with Gasteiger partial charge in [-0.25, -0.2) is 0 Å². The molecule has 0 aliphatic heterocycles. The monoisotopic (exact) mass is 365 g/mol. The van der Waals surface area contributed by atoms with Crippen molar-refractivity contribution in [2.45, 2.75) is 33.7 Å². The van der Waals surface area contributed by atoms with E-state index < -0.39 is 0 Å². The van der Waals surface area contributed by atoms with Crippen LogP contribution in [0.3, 0.4) is 0 Å². The second kappa shape index (κ2) is 6.95. The minimum Gasteiger partial charge on any atom is -0.306 e. The number of rotatable bonds is 4. The maximum Gasteiger partial charge on any atom is 0.0602 e. The summed E-state index contributed by atoms with van der Waals surface area (Å²) in [5, 5.41) is 4.36. The van der Waals surface area contributed by atoms with Crippen molar-refractivity contribution in [1.82, 2.24) is 5.32 Å². The van der Waals surface area contributed by atoms with Gasteiger partial charge in [-0.15, -0.1) is 0 Å².